The number of amides is 1. The zero-order valence-electron chi connectivity index (χ0n) is 5.09. The third-order valence-corrected chi connectivity index (χ3v) is 0.828. The molecular formula is C6H5N3O. The maximum Gasteiger partial charge on any atom is 0.293 e. The second kappa shape index (κ2) is 2.69. The van der Waals surface area contributed by atoms with Crippen LogP contribution in [0, 0.1) is 11.8 Å². The van der Waals surface area contributed by atoms with Gasteiger partial charge in [0.1, 0.15) is 0 Å². The third kappa shape index (κ3) is 1.63. The van der Waals surface area contributed by atoms with E-state index in [0.29, 0.717) is 5.56 Å². The number of H-pyrrole nitrogens is 1. The first-order valence-electron chi connectivity index (χ1n) is 2.59. The molecule has 0 saturated heterocycles. The van der Waals surface area contributed by atoms with Crippen molar-refractivity contribution in [1.82, 2.24) is 10.2 Å². The Kier molecular flexibility index (Phi) is 1.71. The third-order valence-electron chi connectivity index (χ3n) is 0.828. The molecule has 50 valence electrons. The van der Waals surface area contributed by atoms with Gasteiger partial charge in [-0.05, 0) is 0 Å². The number of carbonyl (C=O) groups is 1. The van der Waals surface area contributed by atoms with Gasteiger partial charge in [0.25, 0.3) is 5.91 Å². The normalized spacial score (nSPS) is 8.00. The molecular weight excluding hydrogens is 130 g/mol. The average molecular weight is 135 g/mol. The smallest absolute Gasteiger partial charge is 0.293 e. The number of nitrogens with one attached hydrogen (secondary N) is 1. The van der Waals surface area contributed by atoms with Crippen LogP contribution in [0.25, 0.3) is 0 Å². The Hall–Kier alpha value is -1.76. The summed E-state index contributed by atoms with van der Waals surface area (Å²) in [7, 11) is 0. The van der Waals surface area contributed by atoms with E-state index >= 15 is 0 Å². The fraction of sp³-hybridized carbons (Fsp3) is 0. The predicted octanol–water partition coefficient (Wildman–Crippen LogP) is -0.754. The number of nitrogens with two attached hydrogens (primary N) is 1. The van der Waals surface area contributed by atoms with Crippen LogP contribution in [-0.2, 0) is 4.79 Å². The van der Waals surface area contributed by atoms with Crippen LogP contribution in [0.15, 0.2) is 12.4 Å². The van der Waals surface area contributed by atoms with Gasteiger partial charge in [-0.25, -0.2) is 0 Å². The van der Waals surface area contributed by atoms with E-state index in [2.05, 4.69) is 22.0 Å². The zero-order valence-corrected chi connectivity index (χ0v) is 5.09. The summed E-state index contributed by atoms with van der Waals surface area (Å²) in [6.45, 7) is 0. The first kappa shape index (κ1) is 6.36. The molecule has 1 aromatic rings. The average Bonchev–Trinajstić information content (AvgIpc) is 2.34. The van der Waals surface area contributed by atoms with E-state index in [1.54, 1.807) is 6.20 Å². The molecule has 1 aromatic heterocycles. The van der Waals surface area contributed by atoms with E-state index in [4.69, 9.17) is 5.73 Å². The monoisotopic (exact) mass is 135 g/mol. The Morgan fingerprint density at radius 1 is 1.80 bits per heavy atom. The maximum absolute atomic E-state index is 10.1. The molecule has 0 unspecified atom stereocenters. The van der Waals surface area contributed by atoms with Crippen LogP contribution >= 0.6 is 0 Å². The highest BCUT2D eigenvalue weighted by molar-refractivity contribution is 5.92. The molecule has 10 heavy (non-hydrogen) atoms. The summed E-state index contributed by atoms with van der Waals surface area (Å²) < 4.78 is 0. The van der Waals surface area contributed by atoms with Crippen molar-refractivity contribution in [2.24, 2.45) is 5.73 Å². The SMILES string of the molecule is NC(=O)C#Cc1cn[nH]c1. The summed E-state index contributed by atoms with van der Waals surface area (Å²) in [6, 6.07) is 0. The molecule has 0 aliphatic heterocycles. The number of rotatable bonds is 0. The molecule has 0 radical (unpaired) electrons. The van der Waals surface area contributed by atoms with Crippen LogP contribution in [0.2, 0.25) is 0 Å². The molecule has 0 fully saturated rings. The van der Waals surface area contributed by atoms with Crippen molar-refractivity contribution in [3.8, 4) is 11.8 Å². The molecule has 0 aromatic carbocycles. The van der Waals surface area contributed by atoms with Crippen molar-refractivity contribution in [3.05, 3.63) is 18.0 Å². The van der Waals surface area contributed by atoms with E-state index < -0.39 is 5.91 Å². The number of aromatic amines is 1. The lowest BCUT2D eigenvalue weighted by Gasteiger charge is -1.72. The number of nitrogens with zero attached hydrogens (tertiary/aromatic N) is 1. The molecule has 0 saturated carbocycles. The number of primary amides is 1. The zero-order chi connectivity index (χ0) is 7.40. The van der Waals surface area contributed by atoms with Crippen LogP contribution in [0.3, 0.4) is 0 Å². The first-order chi connectivity index (χ1) is 4.79. The fourth-order valence-corrected chi connectivity index (χ4v) is 0.453. The second-order valence-electron chi connectivity index (χ2n) is 1.60. The van der Waals surface area contributed by atoms with Gasteiger partial charge >= 0.3 is 0 Å². The highest BCUT2D eigenvalue weighted by atomic mass is 16.1. The molecule has 0 atom stereocenters. The van der Waals surface area contributed by atoms with Gasteiger partial charge in [0.05, 0.1) is 11.8 Å². The maximum atomic E-state index is 10.1. The minimum absolute atomic E-state index is 0.638. The topological polar surface area (TPSA) is 71.8 Å². The predicted molar refractivity (Wildman–Crippen MR) is 34.7 cm³/mol. The Bertz CT molecular complexity index is 278. The quantitative estimate of drug-likeness (QED) is 0.459. The Balaban J connectivity index is 2.75. The molecule has 0 spiro atoms. The van der Waals surface area contributed by atoms with E-state index in [9.17, 15) is 4.79 Å². The molecule has 4 heteroatoms. The van der Waals surface area contributed by atoms with Crippen LogP contribution in [0.4, 0.5) is 0 Å². The number of carbonyl (C=O) groups excluding carboxylic acids is 1. The highest BCUT2D eigenvalue weighted by Crippen LogP contribution is 1.87. The largest absolute Gasteiger partial charge is 0.359 e. The van der Waals surface area contributed by atoms with Crippen molar-refractivity contribution in [2.45, 2.75) is 0 Å². The summed E-state index contributed by atoms with van der Waals surface area (Å²) in [5.41, 5.74) is 5.42. The summed E-state index contributed by atoms with van der Waals surface area (Å²) in [6.07, 6.45) is 3.09. The number of hydrogen-bond acceptors (Lipinski definition) is 2. The molecule has 1 heterocycles. The number of hydrogen-bond donors (Lipinski definition) is 2. The number of aromatic nitrogens is 2. The summed E-state index contributed by atoms with van der Waals surface area (Å²) in [5, 5.41) is 6.17. The van der Waals surface area contributed by atoms with E-state index in [0.717, 1.165) is 0 Å². The first-order valence-corrected chi connectivity index (χ1v) is 2.59. The van der Waals surface area contributed by atoms with E-state index in [-0.39, 0.29) is 0 Å². The summed E-state index contributed by atoms with van der Waals surface area (Å²) in [5.74, 6) is 4.04. The Labute approximate surface area is 57.4 Å². The standard InChI is InChI=1S/C6H5N3O/c7-6(10)2-1-5-3-8-9-4-5/h3-4H,(H2,7,10)(H,8,9). The van der Waals surface area contributed by atoms with Crippen LogP contribution in [0.1, 0.15) is 5.56 Å². The van der Waals surface area contributed by atoms with Gasteiger partial charge in [0.15, 0.2) is 0 Å². The van der Waals surface area contributed by atoms with Crippen LogP contribution in [0.5, 0.6) is 0 Å². The minimum Gasteiger partial charge on any atom is -0.359 e. The van der Waals surface area contributed by atoms with Crippen molar-refractivity contribution in [2.75, 3.05) is 0 Å². The minimum atomic E-state index is -0.638. The molecule has 0 aliphatic carbocycles. The Morgan fingerprint density at radius 3 is 3.10 bits per heavy atom. The van der Waals surface area contributed by atoms with Crippen molar-refractivity contribution >= 4 is 5.91 Å². The van der Waals surface area contributed by atoms with Gasteiger partial charge in [0.2, 0.25) is 0 Å². The Morgan fingerprint density at radius 2 is 2.60 bits per heavy atom. The molecule has 3 N–H and O–H groups in total. The van der Waals surface area contributed by atoms with Gasteiger partial charge in [-0.15, -0.1) is 0 Å². The van der Waals surface area contributed by atoms with Gasteiger partial charge in [-0.1, -0.05) is 5.92 Å². The lowest BCUT2D eigenvalue weighted by molar-refractivity contribution is -0.112. The highest BCUT2D eigenvalue weighted by Gasteiger charge is 1.85. The van der Waals surface area contributed by atoms with Crippen molar-refractivity contribution < 1.29 is 4.79 Å². The van der Waals surface area contributed by atoms with E-state index in [1.165, 1.54) is 6.20 Å². The van der Waals surface area contributed by atoms with Gasteiger partial charge in [0, 0.05) is 12.1 Å². The molecule has 4 nitrogen and oxygen atoms in total. The molecule has 1 rings (SSSR count). The van der Waals surface area contributed by atoms with Gasteiger partial charge < -0.3 is 5.73 Å². The summed E-state index contributed by atoms with van der Waals surface area (Å²) in [4.78, 5) is 10.1. The lowest BCUT2D eigenvalue weighted by Crippen LogP contribution is -2.05. The lowest BCUT2D eigenvalue weighted by atomic mass is 10.4. The molecule has 1 amide bonds. The van der Waals surface area contributed by atoms with Gasteiger partial charge in [-0.2, -0.15) is 5.10 Å². The van der Waals surface area contributed by atoms with E-state index in [1.807, 2.05) is 0 Å². The van der Waals surface area contributed by atoms with Crippen molar-refractivity contribution in [1.29, 1.82) is 0 Å². The van der Waals surface area contributed by atoms with Gasteiger partial charge in [-0.3, -0.25) is 9.89 Å². The van der Waals surface area contributed by atoms with Crippen molar-refractivity contribution in [3.63, 3.8) is 0 Å². The molecule has 0 aliphatic rings. The van der Waals surface area contributed by atoms with Crippen LogP contribution in [-0.4, -0.2) is 16.1 Å². The van der Waals surface area contributed by atoms with Crippen LogP contribution < -0.4 is 5.73 Å². The second-order valence-corrected chi connectivity index (χ2v) is 1.60. The summed E-state index contributed by atoms with van der Waals surface area (Å²) >= 11 is 0. The fourth-order valence-electron chi connectivity index (χ4n) is 0.453. The molecule has 0 bridgehead atoms.